The Kier molecular flexibility index (Phi) is 2.11. The largest absolute Gasteiger partial charge is 0.457 e. The zero-order valence-corrected chi connectivity index (χ0v) is 7.95. The fourth-order valence-electron chi connectivity index (χ4n) is 1.55. The van der Waals surface area contributed by atoms with E-state index in [-0.39, 0.29) is 18.1 Å². The van der Waals surface area contributed by atoms with E-state index in [2.05, 4.69) is 0 Å². The van der Waals surface area contributed by atoms with Crippen LogP contribution in [0.5, 0.6) is 0 Å². The third-order valence-corrected chi connectivity index (χ3v) is 2.25. The minimum Gasteiger partial charge on any atom is -0.457 e. The number of hydrogen-bond acceptors (Lipinski definition) is 3. The number of aryl methyl sites for hydroxylation is 1. The molecule has 0 aliphatic carbocycles. The van der Waals surface area contributed by atoms with Crippen LogP contribution in [0.25, 0.3) is 0 Å². The lowest BCUT2D eigenvalue weighted by atomic mass is 10.2. The van der Waals surface area contributed by atoms with Crippen LogP contribution in [0, 0.1) is 0 Å². The van der Waals surface area contributed by atoms with E-state index >= 15 is 0 Å². The second-order valence-electron chi connectivity index (χ2n) is 3.32. The Labute approximate surface area is 81.1 Å². The molecule has 2 heterocycles. The molecule has 74 valence electrons. The Bertz CT molecular complexity index is 433. The van der Waals surface area contributed by atoms with Gasteiger partial charge in [0.2, 0.25) is 0 Å². The van der Waals surface area contributed by atoms with Gasteiger partial charge >= 0.3 is 5.97 Å². The van der Waals surface area contributed by atoms with Crippen LogP contribution in [0.4, 0.5) is 0 Å². The monoisotopic (exact) mass is 193 g/mol. The highest BCUT2D eigenvalue weighted by atomic mass is 16.5. The van der Waals surface area contributed by atoms with Crippen LogP contribution in [0.2, 0.25) is 0 Å². The molecule has 0 spiro atoms. The maximum atomic E-state index is 11.5. The van der Waals surface area contributed by atoms with Gasteiger partial charge in [-0.1, -0.05) is 6.92 Å². The van der Waals surface area contributed by atoms with Gasteiger partial charge in [0.25, 0.3) is 5.56 Å². The predicted octanol–water partition coefficient (Wildman–Crippen LogP) is 0.929. The van der Waals surface area contributed by atoms with Crippen LogP contribution in [0.1, 0.15) is 29.3 Å². The van der Waals surface area contributed by atoms with Gasteiger partial charge in [0.15, 0.2) is 0 Å². The first-order valence-electron chi connectivity index (χ1n) is 4.63. The van der Waals surface area contributed by atoms with E-state index in [9.17, 15) is 9.59 Å². The number of fused-ring (bicyclic) bond motifs is 1. The van der Waals surface area contributed by atoms with Crippen LogP contribution in [0.15, 0.2) is 17.1 Å². The number of aromatic nitrogens is 1. The molecular weight excluding hydrogens is 182 g/mol. The maximum absolute atomic E-state index is 11.5. The summed E-state index contributed by atoms with van der Waals surface area (Å²) in [6.07, 6.45) is 2.46. The zero-order chi connectivity index (χ0) is 10.1. The molecule has 1 aliphatic heterocycles. The molecule has 0 amide bonds. The van der Waals surface area contributed by atoms with Gasteiger partial charge in [-0.05, 0) is 6.42 Å². The van der Waals surface area contributed by atoms with E-state index in [1.165, 1.54) is 6.07 Å². The Morgan fingerprint density at radius 2 is 2.29 bits per heavy atom. The lowest BCUT2D eigenvalue weighted by Gasteiger charge is -2.03. The number of esters is 1. The molecule has 1 aromatic heterocycles. The first kappa shape index (κ1) is 8.99. The van der Waals surface area contributed by atoms with E-state index < -0.39 is 0 Å². The Balaban J connectivity index is 2.51. The summed E-state index contributed by atoms with van der Waals surface area (Å²) in [6, 6.07) is 1.48. The predicted molar refractivity (Wildman–Crippen MR) is 50.1 cm³/mol. The molecule has 2 rings (SSSR count). The smallest absolute Gasteiger partial charge is 0.340 e. The molecule has 4 nitrogen and oxygen atoms in total. The molecule has 0 bridgehead atoms. The van der Waals surface area contributed by atoms with E-state index in [1.54, 1.807) is 10.8 Å². The first-order valence-corrected chi connectivity index (χ1v) is 4.63. The molecule has 0 aromatic carbocycles. The highest BCUT2D eigenvalue weighted by Gasteiger charge is 2.22. The van der Waals surface area contributed by atoms with Gasteiger partial charge in [-0.15, -0.1) is 0 Å². The lowest BCUT2D eigenvalue weighted by Crippen LogP contribution is -2.20. The van der Waals surface area contributed by atoms with Crippen molar-refractivity contribution in [2.45, 2.75) is 26.5 Å². The molecule has 0 unspecified atom stereocenters. The van der Waals surface area contributed by atoms with E-state index in [0.29, 0.717) is 17.7 Å². The molecule has 1 aliphatic rings. The van der Waals surface area contributed by atoms with Crippen LogP contribution >= 0.6 is 0 Å². The second kappa shape index (κ2) is 3.29. The summed E-state index contributed by atoms with van der Waals surface area (Å²) >= 11 is 0. The summed E-state index contributed by atoms with van der Waals surface area (Å²) < 4.78 is 6.37. The topological polar surface area (TPSA) is 48.3 Å². The number of pyridine rings is 1. The van der Waals surface area contributed by atoms with Crippen LogP contribution in [-0.4, -0.2) is 10.5 Å². The van der Waals surface area contributed by atoms with Gasteiger partial charge < -0.3 is 9.30 Å². The fourth-order valence-corrected chi connectivity index (χ4v) is 1.55. The quantitative estimate of drug-likeness (QED) is 0.656. The SMILES string of the molecule is CCCn1cc2c(cc1=O)COC2=O. The lowest BCUT2D eigenvalue weighted by molar-refractivity contribution is 0.0534. The molecule has 1 aromatic rings. The number of carbonyl (C=O) groups excluding carboxylic acids is 1. The highest BCUT2D eigenvalue weighted by Crippen LogP contribution is 2.16. The molecule has 0 atom stereocenters. The van der Waals surface area contributed by atoms with E-state index in [4.69, 9.17) is 4.74 Å². The normalized spacial score (nSPS) is 13.9. The third kappa shape index (κ3) is 1.32. The van der Waals surface area contributed by atoms with E-state index in [0.717, 1.165) is 6.42 Å². The van der Waals surface area contributed by atoms with Crippen LogP contribution < -0.4 is 5.56 Å². The van der Waals surface area contributed by atoms with Crippen molar-refractivity contribution in [3.8, 4) is 0 Å². The number of carbonyl (C=O) groups is 1. The van der Waals surface area contributed by atoms with Crippen molar-refractivity contribution < 1.29 is 9.53 Å². The molecule has 0 saturated heterocycles. The minimum atomic E-state index is -0.329. The Hall–Kier alpha value is -1.58. The average Bonchev–Trinajstić information content (AvgIpc) is 2.49. The summed E-state index contributed by atoms with van der Waals surface area (Å²) in [5.41, 5.74) is 1.16. The van der Waals surface area contributed by atoms with Crippen molar-refractivity contribution in [3.05, 3.63) is 33.7 Å². The van der Waals surface area contributed by atoms with Crippen molar-refractivity contribution >= 4 is 5.97 Å². The van der Waals surface area contributed by atoms with Crippen molar-refractivity contribution in [3.63, 3.8) is 0 Å². The summed E-state index contributed by atoms with van der Waals surface area (Å²) in [4.78, 5) is 22.7. The molecular formula is C10H11NO3. The van der Waals surface area contributed by atoms with Crippen molar-refractivity contribution in [2.24, 2.45) is 0 Å². The number of ether oxygens (including phenoxy) is 1. The summed E-state index contributed by atoms with van der Waals surface area (Å²) in [5.74, 6) is -0.329. The van der Waals surface area contributed by atoms with Crippen LogP contribution in [-0.2, 0) is 17.9 Å². The van der Waals surface area contributed by atoms with E-state index in [1.807, 2.05) is 6.92 Å². The van der Waals surface area contributed by atoms with Crippen molar-refractivity contribution in [2.75, 3.05) is 0 Å². The summed E-state index contributed by atoms with van der Waals surface area (Å²) in [6.45, 7) is 2.85. The van der Waals surface area contributed by atoms with Crippen LogP contribution in [0.3, 0.4) is 0 Å². The molecule has 14 heavy (non-hydrogen) atoms. The van der Waals surface area contributed by atoms with Gasteiger partial charge in [-0.2, -0.15) is 0 Å². The van der Waals surface area contributed by atoms with Crippen molar-refractivity contribution in [1.82, 2.24) is 4.57 Å². The zero-order valence-electron chi connectivity index (χ0n) is 7.95. The van der Waals surface area contributed by atoms with Crippen molar-refractivity contribution in [1.29, 1.82) is 0 Å². The number of hydrogen-bond donors (Lipinski definition) is 0. The number of cyclic esters (lactones) is 1. The molecule has 0 radical (unpaired) electrons. The molecule has 0 N–H and O–H groups in total. The van der Waals surface area contributed by atoms with Gasteiger partial charge in [-0.25, -0.2) is 4.79 Å². The fraction of sp³-hybridized carbons (Fsp3) is 0.400. The Morgan fingerprint density at radius 3 is 3.00 bits per heavy atom. The van der Waals surface area contributed by atoms with Gasteiger partial charge in [0.1, 0.15) is 6.61 Å². The Morgan fingerprint density at radius 1 is 1.50 bits per heavy atom. The first-order chi connectivity index (χ1) is 6.72. The number of nitrogens with zero attached hydrogens (tertiary/aromatic N) is 1. The maximum Gasteiger partial charge on any atom is 0.340 e. The third-order valence-electron chi connectivity index (χ3n) is 2.25. The number of rotatable bonds is 2. The highest BCUT2D eigenvalue weighted by molar-refractivity contribution is 5.92. The van der Waals surface area contributed by atoms with Gasteiger partial charge in [-0.3, -0.25) is 4.79 Å². The van der Waals surface area contributed by atoms with Gasteiger partial charge in [0, 0.05) is 24.4 Å². The molecule has 0 fully saturated rings. The summed E-state index contributed by atoms with van der Waals surface area (Å²) in [7, 11) is 0. The minimum absolute atomic E-state index is 0.0658. The average molecular weight is 193 g/mol. The standard InChI is InChI=1S/C10H11NO3/c1-2-3-11-5-8-7(4-9(11)12)6-14-10(8)13/h4-5H,2-3,6H2,1H3. The molecule has 4 heteroatoms. The summed E-state index contributed by atoms with van der Waals surface area (Å²) in [5, 5.41) is 0. The van der Waals surface area contributed by atoms with Gasteiger partial charge in [0.05, 0.1) is 5.56 Å². The second-order valence-corrected chi connectivity index (χ2v) is 3.32. The molecule has 0 saturated carbocycles.